The number of nitrogens with zero attached hydrogens (tertiary/aromatic N) is 1. The van der Waals surface area contributed by atoms with Crippen LogP contribution in [0.2, 0.25) is 0 Å². The van der Waals surface area contributed by atoms with Gasteiger partial charge in [-0.05, 0) is 12.8 Å². The molecule has 0 radical (unpaired) electrons. The van der Waals surface area contributed by atoms with Crippen molar-refractivity contribution >= 4 is 11.9 Å². The number of cyclic esters (lactones) is 1. The second-order valence-electron chi connectivity index (χ2n) is 6.21. The van der Waals surface area contributed by atoms with Crippen LogP contribution in [0.15, 0.2) is 0 Å². The van der Waals surface area contributed by atoms with Crippen molar-refractivity contribution in [2.45, 2.75) is 51.8 Å². The van der Waals surface area contributed by atoms with Crippen LogP contribution in [0.5, 0.6) is 0 Å². The number of ether oxygens (including phenoxy) is 2. The lowest BCUT2D eigenvalue weighted by atomic mass is 9.89. The van der Waals surface area contributed by atoms with Gasteiger partial charge in [-0.2, -0.15) is 0 Å². The largest absolute Gasteiger partial charge is 0.469 e. The molecule has 2 unspecified atom stereocenters. The van der Waals surface area contributed by atoms with Crippen molar-refractivity contribution in [3.8, 4) is 0 Å². The first-order valence-electron chi connectivity index (χ1n) is 6.36. The van der Waals surface area contributed by atoms with Crippen molar-refractivity contribution in [3.05, 3.63) is 0 Å². The summed E-state index contributed by atoms with van der Waals surface area (Å²) >= 11 is 0. The third kappa shape index (κ3) is 1.90. The fraction of sp³-hybridized carbons (Fsp3) is 0.846. The molecule has 5 nitrogen and oxygen atoms in total. The number of fused-ring (bicyclic) bond motifs is 1. The highest BCUT2D eigenvalue weighted by atomic mass is 16.6. The van der Waals surface area contributed by atoms with Gasteiger partial charge in [0.15, 0.2) is 6.23 Å². The van der Waals surface area contributed by atoms with Gasteiger partial charge in [-0.25, -0.2) is 4.79 Å². The summed E-state index contributed by atoms with van der Waals surface area (Å²) < 4.78 is 10.2. The molecule has 0 N–H and O–H groups in total. The highest BCUT2D eigenvalue weighted by molar-refractivity contribution is 5.89. The Morgan fingerprint density at radius 1 is 1.56 bits per heavy atom. The van der Waals surface area contributed by atoms with E-state index in [0.717, 1.165) is 13.0 Å². The Morgan fingerprint density at radius 3 is 2.78 bits per heavy atom. The maximum Gasteiger partial charge on any atom is 0.328 e. The van der Waals surface area contributed by atoms with Crippen LogP contribution in [0.3, 0.4) is 0 Å². The van der Waals surface area contributed by atoms with Crippen molar-refractivity contribution in [1.82, 2.24) is 4.90 Å². The summed E-state index contributed by atoms with van der Waals surface area (Å²) in [6.45, 7) is 6.91. The van der Waals surface area contributed by atoms with Gasteiger partial charge in [-0.15, -0.1) is 0 Å². The number of esters is 2. The first-order chi connectivity index (χ1) is 8.31. The van der Waals surface area contributed by atoms with Crippen LogP contribution in [-0.2, 0) is 19.1 Å². The second-order valence-corrected chi connectivity index (χ2v) is 6.21. The Balaban J connectivity index is 2.29. The van der Waals surface area contributed by atoms with Crippen molar-refractivity contribution < 1.29 is 19.1 Å². The Kier molecular flexibility index (Phi) is 3.13. The molecule has 2 aliphatic heterocycles. The Bertz CT molecular complexity index is 374. The SMILES string of the molecule is COC(=O)CC12CCCN1C(C(C)(C)C)OC2=O. The van der Waals surface area contributed by atoms with Gasteiger partial charge in [0.1, 0.15) is 5.54 Å². The number of methoxy groups -OCH3 is 1. The van der Waals surface area contributed by atoms with E-state index in [1.54, 1.807) is 0 Å². The molecule has 0 amide bonds. The topological polar surface area (TPSA) is 55.8 Å². The zero-order valence-corrected chi connectivity index (χ0v) is 11.5. The van der Waals surface area contributed by atoms with Crippen molar-refractivity contribution in [2.24, 2.45) is 5.41 Å². The molecule has 102 valence electrons. The molecule has 2 rings (SSSR count). The minimum atomic E-state index is -0.787. The number of carbonyl (C=O) groups excluding carboxylic acids is 2. The van der Waals surface area contributed by atoms with E-state index >= 15 is 0 Å². The third-order valence-corrected chi connectivity index (χ3v) is 3.83. The van der Waals surface area contributed by atoms with Crippen LogP contribution in [-0.4, -0.2) is 42.3 Å². The standard InChI is InChI=1S/C13H21NO4/c1-12(2,3)10-14-7-5-6-13(14,11(16)18-10)8-9(15)17-4/h10H,5-8H2,1-4H3. The van der Waals surface area contributed by atoms with E-state index in [4.69, 9.17) is 9.47 Å². The van der Waals surface area contributed by atoms with E-state index in [1.165, 1.54) is 7.11 Å². The molecule has 0 aromatic carbocycles. The maximum atomic E-state index is 12.2. The zero-order valence-electron chi connectivity index (χ0n) is 11.5. The smallest absolute Gasteiger partial charge is 0.328 e. The molecule has 2 fully saturated rings. The Labute approximate surface area is 107 Å². The summed E-state index contributed by atoms with van der Waals surface area (Å²) in [4.78, 5) is 25.8. The molecule has 2 aliphatic rings. The minimum absolute atomic E-state index is 0.0922. The molecule has 0 saturated carbocycles. The molecule has 2 heterocycles. The fourth-order valence-electron chi connectivity index (χ4n) is 2.95. The molecule has 2 atom stereocenters. The predicted octanol–water partition coefficient (Wildman–Crippen LogP) is 1.31. The van der Waals surface area contributed by atoms with E-state index in [-0.39, 0.29) is 30.0 Å². The molecule has 2 saturated heterocycles. The van der Waals surface area contributed by atoms with Gasteiger partial charge >= 0.3 is 11.9 Å². The van der Waals surface area contributed by atoms with Gasteiger partial charge in [0.2, 0.25) is 0 Å². The average Bonchev–Trinajstić information content (AvgIpc) is 2.77. The van der Waals surface area contributed by atoms with Gasteiger partial charge < -0.3 is 9.47 Å². The van der Waals surface area contributed by atoms with E-state index in [2.05, 4.69) is 0 Å². The average molecular weight is 255 g/mol. The summed E-state index contributed by atoms with van der Waals surface area (Å²) in [5.74, 6) is -0.626. The summed E-state index contributed by atoms with van der Waals surface area (Å²) in [5, 5.41) is 0. The molecule has 0 spiro atoms. The van der Waals surface area contributed by atoms with Crippen molar-refractivity contribution in [1.29, 1.82) is 0 Å². The van der Waals surface area contributed by atoms with Crippen LogP contribution < -0.4 is 0 Å². The van der Waals surface area contributed by atoms with Crippen LogP contribution in [0, 0.1) is 5.41 Å². The molecular weight excluding hydrogens is 234 g/mol. The normalized spacial score (nSPS) is 32.2. The monoisotopic (exact) mass is 255 g/mol. The number of rotatable bonds is 2. The van der Waals surface area contributed by atoms with E-state index in [0.29, 0.717) is 6.42 Å². The van der Waals surface area contributed by atoms with Crippen LogP contribution in [0.1, 0.15) is 40.0 Å². The van der Waals surface area contributed by atoms with Crippen LogP contribution in [0.4, 0.5) is 0 Å². The highest BCUT2D eigenvalue weighted by Gasteiger charge is 2.61. The third-order valence-electron chi connectivity index (χ3n) is 3.83. The highest BCUT2D eigenvalue weighted by Crippen LogP contribution is 2.45. The summed E-state index contributed by atoms with van der Waals surface area (Å²) in [6.07, 6.45) is 1.43. The molecule has 0 aliphatic carbocycles. The number of carbonyl (C=O) groups is 2. The molecule has 5 heteroatoms. The molecule has 0 aromatic rings. The Hall–Kier alpha value is -1.10. The van der Waals surface area contributed by atoms with Crippen LogP contribution >= 0.6 is 0 Å². The summed E-state index contributed by atoms with van der Waals surface area (Å²) in [6, 6.07) is 0. The molecular formula is C13H21NO4. The lowest BCUT2D eigenvalue weighted by Gasteiger charge is -2.34. The van der Waals surface area contributed by atoms with Crippen LogP contribution in [0.25, 0.3) is 0 Å². The number of hydrogen-bond acceptors (Lipinski definition) is 5. The van der Waals surface area contributed by atoms with E-state index < -0.39 is 5.54 Å². The van der Waals surface area contributed by atoms with Gasteiger partial charge in [-0.1, -0.05) is 20.8 Å². The molecule has 18 heavy (non-hydrogen) atoms. The lowest BCUT2D eigenvalue weighted by molar-refractivity contribution is -0.153. The first kappa shape index (κ1) is 13.3. The van der Waals surface area contributed by atoms with E-state index in [1.807, 2.05) is 25.7 Å². The van der Waals surface area contributed by atoms with Gasteiger partial charge in [0, 0.05) is 12.0 Å². The second kappa shape index (κ2) is 4.23. The maximum absolute atomic E-state index is 12.2. The Morgan fingerprint density at radius 2 is 2.22 bits per heavy atom. The first-order valence-corrected chi connectivity index (χ1v) is 6.36. The van der Waals surface area contributed by atoms with Gasteiger partial charge in [0.05, 0.1) is 13.5 Å². The van der Waals surface area contributed by atoms with E-state index in [9.17, 15) is 9.59 Å². The lowest BCUT2D eigenvalue weighted by Crippen LogP contribution is -2.50. The summed E-state index contributed by atoms with van der Waals surface area (Å²) in [7, 11) is 1.35. The van der Waals surface area contributed by atoms with Gasteiger partial charge in [0.25, 0.3) is 0 Å². The molecule has 0 bridgehead atoms. The number of hydrogen-bond donors (Lipinski definition) is 0. The van der Waals surface area contributed by atoms with Gasteiger partial charge in [-0.3, -0.25) is 9.69 Å². The quantitative estimate of drug-likeness (QED) is 0.696. The zero-order chi connectivity index (χ0) is 13.6. The van der Waals surface area contributed by atoms with Crippen molar-refractivity contribution in [3.63, 3.8) is 0 Å². The summed E-state index contributed by atoms with van der Waals surface area (Å²) in [5.41, 5.74) is -0.942. The van der Waals surface area contributed by atoms with Crippen molar-refractivity contribution in [2.75, 3.05) is 13.7 Å². The minimum Gasteiger partial charge on any atom is -0.469 e. The molecule has 0 aromatic heterocycles. The predicted molar refractivity (Wildman–Crippen MR) is 64.6 cm³/mol. The fourth-order valence-corrected chi connectivity index (χ4v) is 2.95.